The summed E-state index contributed by atoms with van der Waals surface area (Å²) in [6.07, 6.45) is 11.9. The van der Waals surface area contributed by atoms with Crippen LogP contribution in [0.15, 0.2) is 47.8 Å². The Morgan fingerprint density at radius 3 is 2.61 bits per heavy atom. The predicted octanol–water partition coefficient (Wildman–Crippen LogP) is 2.32. The number of nitrogens with zero attached hydrogens (tertiary/aromatic N) is 7. The summed E-state index contributed by atoms with van der Waals surface area (Å²) < 4.78 is 3.16. The average Bonchev–Trinajstić information content (AvgIpc) is 3.48. The number of hydrogen-bond acceptors (Lipinski definition) is 6. The van der Waals surface area contributed by atoms with Crippen molar-refractivity contribution in [2.45, 2.75) is 51.1 Å². The van der Waals surface area contributed by atoms with Gasteiger partial charge in [-0.1, -0.05) is 25.8 Å². The molecule has 0 N–H and O–H groups in total. The van der Waals surface area contributed by atoms with Crippen LogP contribution in [0.2, 0.25) is 0 Å². The van der Waals surface area contributed by atoms with E-state index in [-0.39, 0.29) is 17.5 Å². The molecule has 3 aromatic heterocycles. The number of imidazole rings is 1. The fraction of sp³-hybridized carbons (Fsp3) is 0.409. The van der Waals surface area contributed by atoms with Crippen molar-refractivity contribution in [1.29, 1.82) is 0 Å². The molecule has 1 saturated carbocycles. The Morgan fingerprint density at radius 2 is 1.87 bits per heavy atom. The van der Waals surface area contributed by atoms with E-state index >= 15 is 0 Å². The molecule has 3 aromatic rings. The van der Waals surface area contributed by atoms with Crippen molar-refractivity contribution in [1.82, 2.24) is 24.1 Å². The number of pyridine rings is 1. The molecule has 1 aliphatic heterocycles. The number of likely N-dealkylation sites (N-methyl/N-ethyl adjacent to an activating group) is 1. The standard InChI is InChI=1S/C22H25N7O2/c1-3-16-20(31)26(2)17-14-24-21(25-19(17)29(16)15-8-4-5-9-15)28-13-11-23-22(28)27-12-7-6-10-18(27)30/h6-7,10-16H,3-5,8-9H2,1-2H3. The Balaban J connectivity index is 1.65. The largest absolute Gasteiger partial charge is 0.340 e. The number of fused-ring (bicyclic) bond motifs is 1. The molecule has 4 heterocycles. The summed E-state index contributed by atoms with van der Waals surface area (Å²) in [5, 5.41) is 0. The zero-order valence-electron chi connectivity index (χ0n) is 17.7. The first-order valence-electron chi connectivity index (χ1n) is 10.7. The first-order chi connectivity index (χ1) is 15.1. The average molecular weight is 419 g/mol. The summed E-state index contributed by atoms with van der Waals surface area (Å²) in [4.78, 5) is 43.1. The summed E-state index contributed by atoms with van der Waals surface area (Å²) in [7, 11) is 1.78. The van der Waals surface area contributed by atoms with Crippen molar-refractivity contribution >= 4 is 17.4 Å². The van der Waals surface area contributed by atoms with Gasteiger partial charge in [0, 0.05) is 37.7 Å². The molecule has 1 amide bonds. The van der Waals surface area contributed by atoms with Gasteiger partial charge in [-0.15, -0.1) is 0 Å². The Labute approximate surface area is 180 Å². The van der Waals surface area contributed by atoms with Gasteiger partial charge in [-0.05, 0) is 25.3 Å². The Kier molecular flexibility index (Phi) is 4.80. The lowest BCUT2D eigenvalue weighted by Gasteiger charge is -2.43. The molecule has 1 atom stereocenters. The van der Waals surface area contributed by atoms with E-state index in [4.69, 9.17) is 4.98 Å². The molecule has 0 bridgehead atoms. The summed E-state index contributed by atoms with van der Waals surface area (Å²) in [5.41, 5.74) is 0.528. The molecule has 1 unspecified atom stereocenters. The van der Waals surface area contributed by atoms with E-state index < -0.39 is 0 Å². The second-order valence-corrected chi connectivity index (χ2v) is 8.05. The summed E-state index contributed by atoms with van der Waals surface area (Å²) in [6.45, 7) is 2.04. The van der Waals surface area contributed by atoms with Crippen LogP contribution in [-0.2, 0) is 4.79 Å². The van der Waals surface area contributed by atoms with Gasteiger partial charge in [0.15, 0.2) is 5.82 Å². The Bertz CT molecular complexity index is 1180. The van der Waals surface area contributed by atoms with Crippen LogP contribution >= 0.6 is 0 Å². The van der Waals surface area contributed by atoms with Crippen LogP contribution in [0, 0.1) is 0 Å². The summed E-state index contributed by atoms with van der Waals surface area (Å²) >= 11 is 0. The monoisotopic (exact) mass is 419 g/mol. The smallest absolute Gasteiger partial charge is 0.257 e. The number of amides is 1. The molecular weight excluding hydrogens is 394 g/mol. The normalized spacial score (nSPS) is 19.2. The number of carbonyl (C=O) groups excluding carboxylic acids is 1. The van der Waals surface area contributed by atoms with Crippen molar-refractivity contribution in [3.63, 3.8) is 0 Å². The van der Waals surface area contributed by atoms with Crippen LogP contribution in [0.1, 0.15) is 39.0 Å². The highest BCUT2D eigenvalue weighted by molar-refractivity contribution is 6.04. The van der Waals surface area contributed by atoms with Gasteiger partial charge in [0.1, 0.15) is 11.7 Å². The van der Waals surface area contributed by atoms with Crippen LogP contribution in [0.5, 0.6) is 0 Å². The molecule has 160 valence electrons. The maximum Gasteiger partial charge on any atom is 0.257 e. The van der Waals surface area contributed by atoms with Crippen molar-refractivity contribution in [2.24, 2.45) is 0 Å². The van der Waals surface area contributed by atoms with Gasteiger partial charge in [0.25, 0.3) is 5.56 Å². The first kappa shape index (κ1) is 19.5. The molecule has 5 rings (SSSR count). The number of anilines is 2. The van der Waals surface area contributed by atoms with E-state index in [2.05, 4.69) is 14.9 Å². The summed E-state index contributed by atoms with van der Waals surface area (Å²) in [5.74, 6) is 1.69. The highest BCUT2D eigenvalue weighted by Gasteiger charge is 2.41. The molecule has 0 aromatic carbocycles. The third-order valence-corrected chi connectivity index (χ3v) is 6.27. The van der Waals surface area contributed by atoms with Gasteiger partial charge in [0.05, 0.1) is 6.20 Å². The molecule has 31 heavy (non-hydrogen) atoms. The fourth-order valence-corrected chi connectivity index (χ4v) is 4.71. The van der Waals surface area contributed by atoms with Crippen molar-refractivity contribution in [2.75, 3.05) is 16.8 Å². The third-order valence-electron chi connectivity index (χ3n) is 6.27. The maximum atomic E-state index is 13.1. The van der Waals surface area contributed by atoms with E-state index in [1.807, 2.05) is 6.92 Å². The third kappa shape index (κ3) is 3.11. The van der Waals surface area contributed by atoms with E-state index in [0.29, 0.717) is 30.0 Å². The van der Waals surface area contributed by atoms with Crippen molar-refractivity contribution in [3.8, 4) is 11.9 Å². The molecule has 9 heteroatoms. The van der Waals surface area contributed by atoms with Gasteiger partial charge < -0.3 is 9.80 Å². The van der Waals surface area contributed by atoms with Crippen LogP contribution in [0.4, 0.5) is 11.5 Å². The minimum absolute atomic E-state index is 0.0809. The molecule has 0 radical (unpaired) electrons. The second kappa shape index (κ2) is 7.64. The lowest BCUT2D eigenvalue weighted by molar-refractivity contribution is -0.120. The second-order valence-electron chi connectivity index (χ2n) is 8.05. The zero-order chi connectivity index (χ0) is 21.5. The zero-order valence-corrected chi connectivity index (χ0v) is 17.7. The van der Waals surface area contributed by atoms with Gasteiger partial charge in [0.2, 0.25) is 17.8 Å². The minimum atomic E-state index is -0.234. The van der Waals surface area contributed by atoms with Crippen molar-refractivity contribution in [3.05, 3.63) is 53.3 Å². The quantitative estimate of drug-likeness (QED) is 0.645. The Hall–Kier alpha value is -3.49. The highest BCUT2D eigenvalue weighted by atomic mass is 16.2. The molecule has 1 aliphatic carbocycles. The predicted molar refractivity (Wildman–Crippen MR) is 117 cm³/mol. The lowest BCUT2D eigenvalue weighted by atomic mass is 10.0. The maximum absolute atomic E-state index is 13.1. The van der Waals surface area contributed by atoms with E-state index in [1.54, 1.807) is 53.4 Å². The van der Waals surface area contributed by atoms with E-state index in [9.17, 15) is 9.59 Å². The molecular formula is C22H25N7O2. The number of hydrogen-bond donors (Lipinski definition) is 0. The first-order valence-corrected chi connectivity index (χ1v) is 10.7. The van der Waals surface area contributed by atoms with E-state index in [0.717, 1.165) is 31.5 Å². The molecule has 0 spiro atoms. The van der Waals surface area contributed by atoms with Gasteiger partial charge in [-0.3, -0.25) is 18.7 Å². The van der Waals surface area contributed by atoms with Gasteiger partial charge in [-0.2, -0.15) is 4.98 Å². The fourth-order valence-electron chi connectivity index (χ4n) is 4.71. The Morgan fingerprint density at radius 1 is 1.06 bits per heavy atom. The van der Waals surface area contributed by atoms with Crippen molar-refractivity contribution < 1.29 is 4.79 Å². The van der Waals surface area contributed by atoms with Crippen LogP contribution in [0.25, 0.3) is 11.9 Å². The van der Waals surface area contributed by atoms with Crippen LogP contribution in [0.3, 0.4) is 0 Å². The molecule has 0 saturated heterocycles. The number of aromatic nitrogens is 5. The minimum Gasteiger partial charge on any atom is -0.340 e. The van der Waals surface area contributed by atoms with E-state index in [1.165, 1.54) is 10.6 Å². The van der Waals surface area contributed by atoms with Gasteiger partial charge >= 0.3 is 0 Å². The number of rotatable bonds is 4. The molecule has 9 nitrogen and oxygen atoms in total. The molecule has 1 fully saturated rings. The molecule has 2 aliphatic rings. The van der Waals surface area contributed by atoms with Crippen LogP contribution < -0.4 is 15.4 Å². The lowest BCUT2D eigenvalue weighted by Crippen LogP contribution is -2.55. The topological polar surface area (TPSA) is 89.2 Å². The SMILES string of the molecule is CCC1C(=O)N(C)c2cnc(-n3ccnc3-n3ccccc3=O)nc2N1C1CCCC1. The van der Waals surface area contributed by atoms with Crippen LogP contribution in [-0.4, -0.2) is 49.1 Å². The van der Waals surface area contributed by atoms with Gasteiger partial charge in [-0.25, -0.2) is 9.97 Å². The number of carbonyl (C=O) groups is 1. The highest BCUT2D eigenvalue weighted by Crippen LogP contribution is 2.39. The summed E-state index contributed by atoms with van der Waals surface area (Å²) in [6, 6.07) is 5.02.